The number of imidazole rings is 1. The molecule has 2 aromatic heterocycles. The number of fused-ring (bicyclic) bond motifs is 1. The van der Waals surface area contributed by atoms with Crippen LogP contribution in [0.1, 0.15) is 28.7 Å². The van der Waals surface area contributed by atoms with Gasteiger partial charge < -0.3 is 5.11 Å². The fourth-order valence-electron chi connectivity index (χ4n) is 2.31. The van der Waals surface area contributed by atoms with Crippen LogP contribution in [-0.4, -0.2) is 25.3 Å². The van der Waals surface area contributed by atoms with Gasteiger partial charge in [0.05, 0.1) is 20.8 Å². The second kappa shape index (κ2) is 6.01. The first-order valence-corrected chi connectivity index (χ1v) is 8.26. The van der Waals surface area contributed by atoms with E-state index in [0.717, 1.165) is 6.20 Å². The molecule has 1 aromatic carbocycles. The Balaban J connectivity index is 2.18. The van der Waals surface area contributed by atoms with Gasteiger partial charge >= 0.3 is 0 Å². The Hall–Kier alpha value is -1.80. The van der Waals surface area contributed by atoms with E-state index in [0.29, 0.717) is 26.6 Å². The van der Waals surface area contributed by atoms with Gasteiger partial charge in [0, 0.05) is 11.8 Å². The number of nitrogens with zero attached hydrogens (tertiary/aromatic N) is 3. The molecule has 1 N–H and O–H groups in total. The summed E-state index contributed by atoms with van der Waals surface area (Å²) in [5.74, 6) is -0.549. The third kappa shape index (κ3) is 2.76. The molecule has 0 unspecified atom stereocenters. The second-order valence-corrected chi connectivity index (χ2v) is 6.53. The minimum Gasteiger partial charge on any atom is -0.506 e. The fraction of sp³-hybridized carbons (Fsp3) is 0.133. The van der Waals surface area contributed by atoms with Gasteiger partial charge in [0.15, 0.2) is 5.82 Å². The number of carbonyl (C=O) groups excluding carboxylic acids is 1. The van der Waals surface area contributed by atoms with E-state index in [1.165, 1.54) is 22.7 Å². The minimum atomic E-state index is -0.501. The highest BCUT2D eigenvalue weighted by molar-refractivity contribution is 9.11. The number of rotatable bonds is 3. The zero-order chi connectivity index (χ0) is 16.7. The van der Waals surface area contributed by atoms with E-state index in [9.17, 15) is 14.3 Å². The molecule has 0 atom stereocenters. The fourth-order valence-corrected chi connectivity index (χ4v) is 3.50. The van der Waals surface area contributed by atoms with Crippen molar-refractivity contribution in [2.24, 2.45) is 0 Å². The molecule has 5 nitrogen and oxygen atoms in total. The van der Waals surface area contributed by atoms with Crippen LogP contribution in [0.5, 0.6) is 5.75 Å². The van der Waals surface area contributed by atoms with Crippen molar-refractivity contribution >= 4 is 43.4 Å². The molecule has 2 heterocycles. The van der Waals surface area contributed by atoms with Crippen LogP contribution in [0.4, 0.5) is 4.39 Å². The zero-order valence-corrected chi connectivity index (χ0v) is 15.0. The van der Waals surface area contributed by atoms with Crippen LogP contribution in [0.3, 0.4) is 0 Å². The van der Waals surface area contributed by atoms with Crippen molar-refractivity contribution in [3.05, 3.63) is 56.2 Å². The first-order valence-electron chi connectivity index (χ1n) is 6.67. The van der Waals surface area contributed by atoms with Crippen LogP contribution >= 0.6 is 31.9 Å². The maximum Gasteiger partial charge on any atom is 0.234 e. The number of carbonyl (C=O) groups is 1. The van der Waals surface area contributed by atoms with Crippen molar-refractivity contribution < 1.29 is 14.3 Å². The van der Waals surface area contributed by atoms with Gasteiger partial charge in [-0.05, 0) is 50.4 Å². The summed E-state index contributed by atoms with van der Waals surface area (Å²) in [6.07, 6.45) is 2.81. The summed E-state index contributed by atoms with van der Waals surface area (Å²) in [4.78, 5) is 20.9. The van der Waals surface area contributed by atoms with E-state index in [-0.39, 0.29) is 23.0 Å². The first-order chi connectivity index (χ1) is 10.9. The number of benzene rings is 1. The molecule has 0 radical (unpaired) electrons. The van der Waals surface area contributed by atoms with Crippen LogP contribution in [0, 0.1) is 5.82 Å². The Morgan fingerprint density at radius 2 is 2.00 bits per heavy atom. The van der Waals surface area contributed by atoms with Crippen LogP contribution in [0.25, 0.3) is 5.78 Å². The molecule has 0 saturated heterocycles. The average molecular weight is 443 g/mol. The number of phenolic OH excluding ortho intramolecular Hbond substituents is 1. The van der Waals surface area contributed by atoms with Gasteiger partial charge in [0.1, 0.15) is 11.4 Å². The summed E-state index contributed by atoms with van der Waals surface area (Å²) in [7, 11) is 0. The van der Waals surface area contributed by atoms with Gasteiger partial charge in [-0.2, -0.15) is 0 Å². The molecular formula is C15H10Br2FN3O2. The Labute approximate surface area is 147 Å². The number of ketones is 1. The Morgan fingerprint density at radius 3 is 2.61 bits per heavy atom. The lowest BCUT2D eigenvalue weighted by Crippen LogP contribution is -2.06. The van der Waals surface area contributed by atoms with E-state index >= 15 is 0 Å². The largest absolute Gasteiger partial charge is 0.506 e. The lowest BCUT2D eigenvalue weighted by atomic mass is 10.1. The molecule has 0 aliphatic carbocycles. The van der Waals surface area contributed by atoms with Gasteiger partial charge in [0.2, 0.25) is 11.6 Å². The molecule has 3 rings (SSSR count). The summed E-state index contributed by atoms with van der Waals surface area (Å²) in [5, 5.41) is 9.75. The number of phenols is 1. The standard InChI is InChI=1S/C15H10Br2FN3O2/c1-2-11-12(20-15-19-5-8(18)6-21(11)15)13(22)7-3-9(16)14(23)10(17)4-7/h3-6,23H,2H2,1H3. The molecule has 0 aliphatic heterocycles. The third-order valence-corrected chi connectivity index (χ3v) is 4.59. The number of aryl methyl sites for hydroxylation is 1. The van der Waals surface area contributed by atoms with Crippen LogP contribution in [0.15, 0.2) is 33.5 Å². The summed E-state index contributed by atoms with van der Waals surface area (Å²) >= 11 is 6.40. The van der Waals surface area contributed by atoms with Crippen molar-refractivity contribution in [3.8, 4) is 5.75 Å². The van der Waals surface area contributed by atoms with E-state index in [2.05, 4.69) is 41.8 Å². The lowest BCUT2D eigenvalue weighted by Gasteiger charge is -2.05. The molecule has 23 heavy (non-hydrogen) atoms. The van der Waals surface area contributed by atoms with Crippen LogP contribution in [0.2, 0.25) is 0 Å². The Morgan fingerprint density at radius 1 is 1.35 bits per heavy atom. The molecular weight excluding hydrogens is 433 g/mol. The Kier molecular flexibility index (Phi) is 4.20. The lowest BCUT2D eigenvalue weighted by molar-refractivity contribution is 0.103. The SMILES string of the molecule is CCc1c(C(=O)c2cc(Br)c(O)c(Br)c2)nc2ncc(F)cn12. The van der Waals surface area contributed by atoms with Crippen molar-refractivity contribution in [2.45, 2.75) is 13.3 Å². The predicted molar refractivity (Wildman–Crippen MR) is 89.3 cm³/mol. The summed E-state index contributed by atoms with van der Waals surface area (Å²) in [6, 6.07) is 3.03. The molecule has 0 fully saturated rings. The first kappa shape index (κ1) is 16.1. The van der Waals surface area contributed by atoms with Gasteiger partial charge in [-0.3, -0.25) is 9.20 Å². The highest BCUT2D eigenvalue weighted by atomic mass is 79.9. The highest BCUT2D eigenvalue weighted by Gasteiger charge is 2.21. The summed E-state index contributed by atoms with van der Waals surface area (Å²) < 4.78 is 15.7. The molecule has 8 heteroatoms. The molecule has 0 aliphatic rings. The third-order valence-electron chi connectivity index (χ3n) is 3.38. The summed E-state index contributed by atoms with van der Waals surface area (Å²) in [6.45, 7) is 1.85. The average Bonchev–Trinajstić information content (AvgIpc) is 2.88. The molecule has 0 amide bonds. The monoisotopic (exact) mass is 441 g/mol. The number of aromatic nitrogens is 3. The van der Waals surface area contributed by atoms with Gasteiger partial charge in [0.25, 0.3) is 0 Å². The molecule has 0 saturated carbocycles. The van der Waals surface area contributed by atoms with E-state index in [4.69, 9.17) is 0 Å². The molecule has 0 spiro atoms. The van der Waals surface area contributed by atoms with Crippen LogP contribution < -0.4 is 0 Å². The van der Waals surface area contributed by atoms with E-state index in [1.54, 1.807) is 0 Å². The number of hydrogen-bond donors (Lipinski definition) is 1. The van der Waals surface area contributed by atoms with Gasteiger partial charge in [-0.25, -0.2) is 14.4 Å². The van der Waals surface area contributed by atoms with E-state index in [1.807, 2.05) is 6.92 Å². The molecule has 0 bridgehead atoms. The van der Waals surface area contributed by atoms with Crippen molar-refractivity contribution in [2.75, 3.05) is 0 Å². The predicted octanol–water partition coefficient (Wildman–Crippen LogP) is 3.89. The molecule has 118 valence electrons. The second-order valence-electron chi connectivity index (χ2n) is 4.82. The molecule has 3 aromatic rings. The number of halogens is 3. The van der Waals surface area contributed by atoms with Crippen LogP contribution in [-0.2, 0) is 6.42 Å². The number of aromatic hydroxyl groups is 1. The normalized spacial score (nSPS) is 11.1. The minimum absolute atomic E-state index is 0.0102. The maximum absolute atomic E-state index is 13.4. The van der Waals surface area contributed by atoms with Crippen molar-refractivity contribution in [1.82, 2.24) is 14.4 Å². The quantitative estimate of drug-likeness (QED) is 0.625. The maximum atomic E-state index is 13.4. The Bertz CT molecular complexity index is 917. The summed E-state index contributed by atoms with van der Waals surface area (Å²) in [5.41, 5.74) is 1.15. The van der Waals surface area contributed by atoms with Crippen molar-refractivity contribution in [3.63, 3.8) is 0 Å². The van der Waals surface area contributed by atoms with Gasteiger partial charge in [-0.1, -0.05) is 6.92 Å². The van der Waals surface area contributed by atoms with E-state index < -0.39 is 5.82 Å². The number of hydrogen-bond acceptors (Lipinski definition) is 4. The zero-order valence-electron chi connectivity index (χ0n) is 11.8. The van der Waals surface area contributed by atoms with Crippen molar-refractivity contribution in [1.29, 1.82) is 0 Å². The van der Waals surface area contributed by atoms with Gasteiger partial charge in [-0.15, -0.1) is 0 Å². The topological polar surface area (TPSA) is 67.5 Å². The highest BCUT2D eigenvalue weighted by Crippen LogP contribution is 2.34. The smallest absolute Gasteiger partial charge is 0.234 e.